The Kier molecular flexibility index (Phi) is 12.1. The number of hydrogen-bond donors (Lipinski definition) is 2. The van der Waals surface area contributed by atoms with Crippen LogP contribution in [0.3, 0.4) is 0 Å². The highest BCUT2D eigenvalue weighted by Gasteiger charge is 2.14. The molecule has 0 aromatic heterocycles. The Balaban J connectivity index is 1.71. The molecule has 0 radical (unpaired) electrons. The van der Waals surface area contributed by atoms with Crippen LogP contribution >= 0.6 is 0 Å². The second-order valence-electron chi connectivity index (χ2n) is 7.15. The molecule has 2 N–H and O–H groups in total. The third kappa shape index (κ3) is 9.22. The summed E-state index contributed by atoms with van der Waals surface area (Å²) in [7, 11) is 0. The molecule has 1 aromatic rings. The van der Waals surface area contributed by atoms with E-state index in [0.29, 0.717) is 25.9 Å². The molecule has 1 aliphatic heterocycles. The maximum absolute atomic E-state index is 5.71. The van der Waals surface area contributed by atoms with E-state index in [9.17, 15) is 0 Å². The van der Waals surface area contributed by atoms with Gasteiger partial charge in [-0.2, -0.15) is 0 Å². The summed E-state index contributed by atoms with van der Waals surface area (Å²) in [5.74, 6) is 2.45. The number of guanidine groups is 1. The highest BCUT2D eigenvalue weighted by Crippen LogP contribution is 2.28. The first-order valence-electron chi connectivity index (χ1n) is 11.4. The van der Waals surface area contributed by atoms with Crippen molar-refractivity contribution in [3.05, 3.63) is 23.8 Å². The topological polar surface area (TPSA) is 73.3 Å². The standard InChI is InChI=1S/C23H39N3O4/c1-4-24-23(25-13-8-15-27-18-20-9-7-16-30-20)26-14-12-19-10-11-21(28-5-2)22(17-19)29-6-3/h10-11,17,20H,4-9,12-16,18H2,1-3H3,(H2,24,25,26). The third-order valence-corrected chi connectivity index (χ3v) is 4.70. The van der Waals surface area contributed by atoms with Crippen LogP contribution in [0.5, 0.6) is 11.5 Å². The van der Waals surface area contributed by atoms with Gasteiger partial charge in [0.05, 0.1) is 25.9 Å². The van der Waals surface area contributed by atoms with Gasteiger partial charge in [-0.3, -0.25) is 4.99 Å². The molecule has 1 fully saturated rings. The van der Waals surface area contributed by atoms with Crippen LogP contribution in [0.25, 0.3) is 0 Å². The fraction of sp³-hybridized carbons (Fsp3) is 0.696. The molecule has 7 nitrogen and oxygen atoms in total. The van der Waals surface area contributed by atoms with Crippen molar-refractivity contribution in [1.82, 2.24) is 10.6 Å². The molecule has 30 heavy (non-hydrogen) atoms. The summed E-state index contributed by atoms with van der Waals surface area (Å²) in [6, 6.07) is 6.13. The fourth-order valence-electron chi connectivity index (χ4n) is 3.27. The van der Waals surface area contributed by atoms with E-state index in [4.69, 9.17) is 18.9 Å². The van der Waals surface area contributed by atoms with E-state index in [1.54, 1.807) is 0 Å². The molecule has 7 heteroatoms. The molecule has 2 rings (SSSR count). The Morgan fingerprint density at radius 3 is 2.70 bits per heavy atom. The lowest BCUT2D eigenvalue weighted by molar-refractivity contribution is 0.0171. The molecule has 0 amide bonds. The minimum Gasteiger partial charge on any atom is -0.490 e. The van der Waals surface area contributed by atoms with Crippen LogP contribution in [0.1, 0.15) is 45.6 Å². The van der Waals surface area contributed by atoms with Crippen LogP contribution in [-0.2, 0) is 15.9 Å². The molecule has 1 atom stereocenters. The van der Waals surface area contributed by atoms with Crippen LogP contribution in [0, 0.1) is 0 Å². The molecule has 1 aromatic carbocycles. The summed E-state index contributed by atoms with van der Waals surface area (Å²) in [5, 5.41) is 6.70. The van der Waals surface area contributed by atoms with E-state index in [1.165, 1.54) is 5.56 Å². The maximum Gasteiger partial charge on any atom is 0.191 e. The maximum atomic E-state index is 5.71. The van der Waals surface area contributed by atoms with E-state index in [1.807, 2.05) is 19.9 Å². The van der Waals surface area contributed by atoms with Crippen molar-refractivity contribution in [2.24, 2.45) is 4.99 Å². The van der Waals surface area contributed by atoms with E-state index in [-0.39, 0.29) is 0 Å². The number of rotatable bonds is 14. The Morgan fingerprint density at radius 1 is 1.13 bits per heavy atom. The predicted octanol–water partition coefficient (Wildman–Crippen LogP) is 3.17. The summed E-state index contributed by atoms with van der Waals surface area (Å²) in [6.07, 6.45) is 4.34. The molecule has 0 aliphatic carbocycles. The Hall–Kier alpha value is -1.99. The molecule has 1 saturated heterocycles. The second kappa shape index (κ2) is 14.9. The van der Waals surface area contributed by atoms with Crippen molar-refractivity contribution in [1.29, 1.82) is 0 Å². The second-order valence-corrected chi connectivity index (χ2v) is 7.15. The minimum atomic E-state index is 0.290. The first-order chi connectivity index (χ1) is 14.8. The Labute approximate surface area is 181 Å². The molecular formula is C23H39N3O4. The quantitative estimate of drug-likeness (QED) is 0.273. The predicted molar refractivity (Wildman–Crippen MR) is 121 cm³/mol. The van der Waals surface area contributed by atoms with Crippen molar-refractivity contribution in [2.75, 3.05) is 52.7 Å². The SMILES string of the molecule is CCNC(=NCCCOCC1CCCO1)NCCc1ccc(OCC)c(OCC)c1. The zero-order valence-corrected chi connectivity index (χ0v) is 18.9. The monoisotopic (exact) mass is 421 g/mol. The van der Waals surface area contributed by atoms with Crippen molar-refractivity contribution >= 4 is 5.96 Å². The van der Waals surface area contributed by atoms with Gasteiger partial charge in [0, 0.05) is 32.8 Å². The van der Waals surface area contributed by atoms with Gasteiger partial charge in [-0.25, -0.2) is 0 Å². The zero-order chi connectivity index (χ0) is 21.4. The highest BCUT2D eigenvalue weighted by atomic mass is 16.5. The Morgan fingerprint density at radius 2 is 1.97 bits per heavy atom. The van der Waals surface area contributed by atoms with Gasteiger partial charge >= 0.3 is 0 Å². The lowest BCUT2D eigenvalue weighted by Crippen LogP contribution is -2.38. The van der Waals surface area contributed by atoms with E-state index >= 15 is 0 Å². The van der Waals surface area contributed by atoms with E-state index < -0.39 is 0 Å². The first kappa shape index (κ1) is 24.3. The van der Waals surface area contributed by atoms with E-state index in [2.05, 4.69) is 34.7 Å². The van der Waals surface area contributed by atoms with Gasteiger partial charge in [0.25, 0.3) is 0 Å². The molecule has 170 valence electrons. The zero-order valence-electron chi connectivity index (χ0n) is 18.9. The lowest BCUT2D eigenvalue weighted by Gasteiger charge is -2.14. The van der Waals surface area contributed by atoms with E-state index in [0.717, 1.165) is 76.0 Å². The highest BCUT2D eigenvalue weighted by molar-refractivity contribution is 5.79. The van der Waals surface area contributed by atoms with Crippen molar-refractivity contribution in [3.63, 3.8) is 0 Å². The summed E-state index contributed by atoms with van der Waals surface area (Å²) in [5.41, 5.74) is 1.20. The summed E-state index contributed by atoms with van der Waals surface area (Å²) in [6.45, 7) is 11.9. The van der Waals surface area contributed by atoms with Crippen LogP contribution in [0.15, 0.2) is 23.2 Å². The van der Waals surface area contributed by atoms with Gasteiger partial charge in [0.1, 0.15) is 0 Å². The number of aliphatic imine (C=N–C) groups is 1. The molecular weight excluding hydrogens is 382 g/mol. The minimum absolute atomic E-state index is 0.290. The molecule has 0 bridgehead atoms. The van der Waals surface area contributed by atoms with Crippen LogP contribution in [0.4, 0.5) is 0 Å². The number of hydrogen-bond acceptors (Lipinski definition) is 5. The molecule has 1 unspecified atom stereocenters. The number of nitrogens with zero attached hydrogens (tertiary/aromatic N) is 1. The number of benzene rings is 1. The van der Waals surface area contributed by atoms with Gasteiger partial charge in [0.15, 0.2) is 17.5 Å². The van der Waals surface area contributed by atoms with Gasteiger partial charge in [0.2, 0.25) is 0 Å². The van der Waals surface area contributed by atoms with Gasteiger partial charge in [-0.1, -0.05) is 6.07 Å². The summed E-state index contributed by atoms with van der Waals surface area (Å²) in [4.78, 5) is 4.64. The van der Waals surface area contributed by atoms with Crippen LogP contribution < -0.4 is 20.1 Å². The smallest absolute Gasteiger partial charge is 0.191 e. The van der Waals surface area contributed by atoms with Crippen LogP contribution in [0.2, 0.25) is 0 Å². The van der Waals surface area contributed by atoms with Gasteiger partial charge < -0.3 is 29.6 Å². The lowest BCUT2D eigenvalue weighted by atomic mass is 10.1. The molecule has 0 spiro atoms. The number of ether oxygens (including phenoxy) is 4. The average molecular weight is 422 g/mol. The average Bonchev–Trinajstić information content (AvgIpc) is 3.26. The summed E-state index contributed by atoms with van der Waals surface area (Å²) >= 11 is 0. The molecule has 1 heterocycles. The number of nitrogens with one attached hydrogen (secondary N) is 2. The Bertz CT molecular complexity index is 618. The first-order valence-corrected chi connectivity index (χ1v) is 11.4. The fourth-order valence-corrected chi connectivity index (χ4v) is 3.27. The molecule has 0 saturated carbocycles. The van der Waals surface area contributed by atoms with Crippen molar-refractivity contribution in [3.8, 4) is 11.5 Å². The van der Waals surface area contributed by atoms with Crippen molar-refractivity contribution in [2.45, 2.75) is 52.6 Å². The van der Waals surface area contributed by atoms with Crippen LogP contribution in [-0.4, -0.2) is 64.7 Å². The third-order valence-electron chi connectivity index (χ3n) is 4.70. The largest absolute Gasteiger partial charge is 0.490 e. The van der Waals surface area contributed by atoms with Crippen molar-refractivity contribution < 1.29 is 18.9 Å². The van der Waals surface area contributed by atoms with Gasteiger partial charge in [-0.05, 0) is 64.2 Å². The normalized spacial score (nSPS) is 16.5. The van der Waals surface area contributed by atoms with Gasteiger partial charge in [-0.15, -0.1) is 0 Å². The molecule has 1 aliphatic rings. The summed E-state index contributed by atoms with van der Waals surface area (Å²) < 4.78 is 22.6.